The van der Waals surface area contributed by atoms with Crippen LogP contribution >= 0.6 is 11.3 Å². The molecule has 1 heterocycles. The molecule has 14 heavy (non-hydrogen) atoms. The highest BCUT2D eigenvalue weighted by Crippen LogP contribution is 2.11. The van der Waals surface area contributed by atoms with Crippen LogP contribution in [-0.2, 0) is 0 Å². The van der Waals surface area contributed by atoms with Gasteiger partial charge in [-0.2, -0.15) is 0 Å². The second-order valence-electron chi connectivity index (χ2n) is 3.20. The average Bonchev–Trinajstić information content (AvgIpc) is 2.67. The van der Waals surface area contributed by atoms with E-state index in [9.17, 15) is 4.79 Å². The van der Waals surface area contributed by atoms with E-state index >= 15 is 0 Å². The first kappa shape index (κ1) is 11.1. The summed E-state index contributed by atoms with van der Waals surface area (Å²) in [5, 5.41) is 1.93. The van der Waals surface area contributed by atoms with Gasteiger partial charge in [0, 0.05) is 19.5 Å². The highest BCUT2D eigenvalue weighted by molar-refractivity contribution is 7.12. The van der Waals surface area contributed by atoms with Crippen LogP contribution in [-0.4, -0.2) is 30.8 Å². The minimum Gasteiger partial charge on any atom is -0.302 e. The molecule has 0 spiro atoms. The fourth-order valence-electron chi connectivity index (χ4n) is 1.16. The number of rotatable bonds is 6. The maximum atomic E-state index is 11.6. The van der Waals surface area contributed by atoms with E-state index in [-0.39, 0.29) is 5.78 Å². The molecule has 0 amide bonds. The standard InChI is InChI=1S/C11H15NOS/c1-3-7-12(2)8-6-10(13)11-5-4-9-14-11/h3-5,9H,1,6-8H2,2H3. The number of carbonyl (C=O) groups excluding carboxylic acids is 1. The molecule has 0 aromatic carbocycles. The van der Waals surface area contributed by atoms with Crippen LogP contribution in [0.15, 0.2) is 30.2 Å². The van der Waals surface area contributed by atoms with Crippen LogP contribution in [0, 0.1) is 0 Å². The predicted octanol–water partition coefficient (Wildman–Crippen LogP) is 2.44. The van der Waals surface area contributed by atoms with Crippen molar-refractivity contribution in [3.8, 4) is 0 Å². The Morgan fingerprint density at radius 3 is 3.07 bits per heavy atom. The molecule has 0 N–H and O–H groups in total. The molecule has 0 aliphatic heterocycles. The van der Waals surface area contributed by atoms with Crippen LogP contribution in [0.3, 0.4) is 0 Å². The Hall–Kier alpha value is -0.930. The van der Waals surface area contributed by atoms with Gasteiger partial charge in [-0.25, -0.2) is 0 Å². The van der Waals surface area contributed by atoms with Crippen molar-refractivity contribution in [3.63, 3.8) is 0 Å². The van der Waals surface area contributed by atoms with Crippen LogP contribution in [0.1, 0.15) is 16.1 Å². The summed E-state index contributed by atoms with van der Waals surface area (Å²) in [5.41, 5.74) is 0. The summed E-state index contributed by atoms with van der Waals surface area (Å²) in [7, 11) is 1.99. The van der Waals surface area contributed by atoms with Gasteiger partial charge >= 0.3 is 0 Å². The van der Waals surface area contributed by atoms with E-state index in [0.29, 0.717) is 6.42 Å². The second kappa shape index (κ2) is 5.73. The minimum atomic E-state index is 0.232. The summed E-state index contributed by atoms with van der Waals surface area (Å²) in [4.78, 5) is 14.5. The molecule has 0 saturated heterocycles. The third-order valence-corrected chi connectivity index (χ3v) is 2.87. The van der Waals surface area contributed by atoms with Crippen LogP contribution in [0.2, 0.25) is 0 Å². The van der Waals surface area contributed by atoms with Crippen molar-refractivity contribution in [1.29, 1.82) is 0 Å². The summed E-state index contributed by atoms with van der Waals surface area (Å²) < 4.78 is 0. The molecule has 1 rings (SSSR count). The maximum absolute atomic E-state index is 11.6. The lowest BCUT2D eigenvalue weighted by molar-refractivity contribution is 0.0975. The summed E-state index contributed by atoms with van der Waals surface area (Å²) in [5.74, 6) is 0.232. The Kier molecular flexibility index (Phi) is 4.56. The second-order valence-corrected chi connectivity index (χ2v) is 4.15. The number of hydrogen-bond acceptors (Lipinski definition) is 3. The van der Waals surface area contributed by atoms with Crippen molar-refractivity contribution in [1.82, 2.24) is 4.90 Å². The van der Waals surface area contributed by atoms with Crippen LogP contribution in [0.5, 0.6) is 0 Å². The maximum Gasteiger partial charge on any atom is 0.174 e. The zero-order valence-corrected chi connectivity index (χ0v) is 9.22. The van der Waals surface area contributed by atoms with Crippen LogP contribution in [0.25, 0.3) is 0 Å². The van der Waals surface area contributed by atoms with Gasteiger partial charge in [-0.05, 0) is 18.5 Å². The molecular weight excluding hydrogens is 194 g/mol. The zero-order chi connectivity index (χ0) is 10.4. The Balaban J connectivity index is 2.32. The largest absolute Gasteiger partial charge is 0.302 e. The monoisotopic (exact) mass is 209 g/mol. The van der Waals surface area contributed by atoms with Gasteiger partial charge in [-0.3, -0.25) is 4.79 Å². The van der Waals surface area contributed by atoms with E-state index in [1.54, 1.807) is 0 Å². The molecule has 0 aliphatic carbocycles. The summed E-state index contributed by atoms with van der Waals surface area (Å²) in [6.07, 6.45) is 2.43. The van der Waals surface area contributed by atoms with E-state index in [2.05, 4.69) is 11.5 Å². The number of likely N-dealkylation sites (N-methyl/N-ethyl adjacent to an activating group) is 1. The normalized spacial score (nSPS) is 10.4. The Morgan fingerprint density at radius 2 is 2.50 bits per heavy atom. The van der Waals surface area contributed by atoms with E-state index in [1.807, 2.05) is 30.6 Å². The van der Waals surface area contributed by atoms with Crippen molar-refractivity contribution < 1.29 is 4.79 Å². The average molecular weight is 209 g/mol. The Labute approximate surface area is 88.9 Å². The number of Topliss-reactive ketones (excluding diaryl/α,β-unsaturated/α-hetero) is 1. The van der Waals surface area contributed by atoms with Crippen LogP contribution < -0.4 is 0 Å². The highest BCUT2D eigenvalue weighted by atomic mass is 32.1. The minimum absolute atomic E-state index is 0.232. The lowest BCUT2D eigenvalue weighted by atomic mass is 10.2. The summed E-state index contributed by atoms with van der Waals surface area (Å²) in [6.45, 7) is 5.28. The third kappa shape index (κ3) is 3.44. The van der Waals surface area contributed by atoms with Crippen molar-refractivity contribution in [2.24, 2.45) is 0 Å². The topological polar surface area (TPSA) is 20.3 Å². The highest BCUT2D eigenvalue weighted by Gasteiger charge is 2.07. The molecular formula is C11H15NOS. The van der Waals surface area contributed by atoms with E-state index in [4.69, 9.17) is 0 Å². The van der Waals surface area contributed by atoms with Gasteiger partial charge in [0.05, 0.1) is 4.88 Å². The smallest absolute Gasteiger partial charge is 0.174 e. The molecule has 2 nitrogen and oxygen atoms in total. The number of thiophene rings is 1. The number of hydrogen-bond donors (Lipinski definition) is 0. The quantitative estimate of drug-likeness (QED) is 0.530. The molecule has 0 bridgehead atoms. The molecule has 0 radical (unpaired) electrons. The molecule has 0 aliphatic rings. The van der Waals surface area contributed by atoms with Gasteiger partial charge in [0.1, 0.15) is 0 Å². The lowest BCUT2D eigenvalue weighted by Gasteiger charge is -2.12. The number of ketones is 1. The van der Waals surface area contributed by atoms with E-state index in [0.717, 1.165) is 18.0 Å². The van der Waals surface area contributed by atoms with Gasteiger partial charge in [0.15, 0.2) is 5.78 Å². The van der Waals surface area contributed by atoms with Gasteiger partial charge in [0.2, 0.25) is 0 Å². The molecule has 0 atom stereocenters. The van der Waals surface area contributed by atoms with Gasteiger partial charge in [0.25, 0.3) is 0 Å². The SMILES string of the molecule is C=CCN(C)CCC(=O)c1cccs1. The first-order valence-corrected chi connectivity index (χ1v) is 5.48. The van der Waals surface area contributed by atoms with Crippen molar-refractivity contribution in [3.05, 3.63) is 35.0 Å². The van der Waals surface area contributed by atoms with Crippen LogP contribution in [0.4, 0.5) is 0 Å². The molecule has 0 saturated carbocycles. The molecule has 0 fully saturated rings. The van der Waals surface area contributed by atoms with Gasteiger partial charge < -0.3 is 4.90 Å². The first-order chi connectivity index (χ1) is 6.74. The Bertz CT molecular complexity index is 292. The molecule has 1 aromatic rings. The zero-order valence-electron chi connectivity index (χ0n) is 8.40. The van der Waals surface area contributed by atoms with Crippen molar-refractivity contribution in [2.45, 2.75) is 6.42 Å². The molecule has 3 heteroatoms. The van der Waals surface area contributed by atoms with Gasteiger partial charge in [-0.15, -0.1) is 17.9 Å². The molecule has 1 aromatic heterocycles. The van der Waals surface area contributed by atoms with E-state index in [1.165, 1.54) is 11.3 Å². The van der Waals surface area contributed by atoms with Crippen molar-refractivity contribution >= 4 is 17.1 Å². The lowest BCUT2D eigenvalue weighted by Crippen LogP contribution is -2.21. The Morgan fingerprint density at radius 1 is 1.71 bits per heavy atom. The summed E-state index contributed by atoms with van der Waals surface area (Å²) >= 11 is 1.51. The molecule has 76 valence electrons. The molecule has 0 unspecified atom stereocenters. The number of carbonyl (C=O) groups is 1. The fraction of sp³-hybridized carbons (Fsp3) is 0.364. The third-order valence-electron chi connectivity index (χ3n) is 1.96. The fourth-order valence-corrected chi connectivity index (χ4v) is 1.86. The van der Waals surface area contributed by atoms with Crippen molar-refractivity contribution in [2.75, 3.05) is 20.1 Å². The summed E-state index contributed by atoms with van der Waals surface area (Å²) in [6, 6.07) is 3.78. The number of nitrogens with zero attached hydrogens (tertiary/aromatic N) is 1. The van der Waals surface area contributed by atoms with Gasteiger partial charge in [-0.1, -0.05) is 12.1 Å². The first-order valence-electron chi connectivity index (χ1n) is 4.60. The van der Waals surface area contributed by atoms with E-state index < -0.39 is 0 Å². The predicted molar refractivity (Wildman–Crippen MR) is 61.0 cm³/mol.